The number of aryl methyl sites for hydroxylation is 1. The van der Waals surface area contributed by atoms with Crippen LogP contribution in [0.15, 0.2) is 36.4 Å². The van der Waals surface area contributed by atoms with E-state index in [2.05, 4.69) is 5.32 Å². The number of amides is 1. The van der Waals surface area contributed by atoms with Crippen LogP contribution in [-0.4, -0.2) is 26.7 Å². The van der Waals surface area contributed by atoms with Crippen LogP contribution in [0.3, 0.4) is 0 Å². The predicted molar refractivity (Wildman–Crippen MR) is 93.1 cm³/mol. The minimum absolute atomic E-state index is 0.0699. The van der Waals surface area contributed by atoms with Crippen LogP contribution in [0.2, 0.25) is 5.02 Å². The molecule has 24 heavy (non-hydrogen) atoms. The second kappa shape index (κ2) is 8.45. The molecule has 2 rings (SSSR count). The van der Waals surface area contributed by atoms with Gasteiger partial charge in [-0.15, -0.1) is 0 Å². The molecular weight excluding hydrogens is 330 g/mol. The van der Waals surface area contributed by atoms with Crippen molar-refractivity contribution in [2.24, 2.45) is 0 Å². The molecule has 0 atom stereocenters. The molecule has 6 heteroatoms. The van der Waals surface area contributed by atoms with E-state index in [1.165, 1.54) is 0 Å². The summed E-state index contributed by atoms with van der Waals surface area (Å²) in [6.07, 6.45) is 0. The monoisotopic (exact) mass is 349 g/mol. The summed E-state index contributed by atoms with van der Waals surface area (Å²) in [6.45, 7) is 2.15. The second-order valence-electron chi connectivity index (χ2n) is 5.15. The molecule has 0 saturated carbocycles. The van der Waals surface area contributed by atoms with Crippen LogP contribution >= 0.6 is 11.6 Å². The molecule has 128 valence electrons. The van der Waals surface area contributed by atoms with Crippen LogP contribution in [0.1, 0.15) is 11.1 Å². The van der Waals surface area contributed by atoms with Crippen molar-refractivity contribution in [3.05, 3.63) is 52.5 Å². The molecule has 0 heterocycles. The van der Waals surface area contributed by atoms with Gasteiger partial charge in [0, 0.05) is 23.2 Å². The van der Waals surface area contributed by atoms with Gasteiger partial charge in [0.1, 0.15) is 17.2 Å². The molecule has 5 nitrogen and oxygen atoms in total. The van der Waals surface area contributed by atoms with E-state index in [4.69, 9.17) is 25.8 Å². The Balaban J connectivity index is 1.88. The van der Waals surface area contributed by atoms with Gasteiger partial charge >= 0.3 is 0 Å². The Hall–Kier alpha value is -2.40. The number of hydrogen-bond donors (Lipinski definition) is 1. The highest BCUT2D eigenvalue weighted by molar-refractivity contribution is 6.31. The normalized spacial score (nSPS) is 10.2. The number of carbonyl (C=O) groups is 1. The molecule has 2 aromatic carbocycles. The predicted octanol–water partition coefficient (Wildman–Crippen LogP) is 3.36. The maximum atomic E-state index is 11.9. The Morgan fingerprint density at radius 3 is 2.50 bits per heavy atom. The topological polar surface area (TPSA) is 56.8 Å². The first-order chi connectivity index (χ1) is 11.5. The van der Waals surface area contributed by atoms with E-state index in [0.717, 1.165) is 11.1 Å². The summed E-state index contributed by atoms with van der Waals surface area (Å²) in [6, 6.07) is 10.7. The molecule has 0 bridgehead atoms. The van der Waals surface area contributed by atoms with Gasteiger partial charge in [0.05, 0.1) is 14.2 Å². The molecule has 0 unspecified atom stereocenters. The first-order valence-electron chi connectivity index (χ1n) is 7.40. The Morgan fingerprint density at radius 2 is 1.83 bits per heavy atom. The van der Waals surface area contributed by atoms with Crippen molar-refractivity contribution in [2.75, 3.05) is 20.8 Å². The number of halogens is 1. The van der Waals surface area contributed by atoms with Gasteiger partial charge in [-0.05, 0) is 42.8 Å². The Labute approximate surface area is 146 Å². The van der Waals surface area contributed by atoms with Crippen molar-refractivity contribution in [3.63, 3.8) is 0 Å². The number of nitrogens with one attached hydrogen (secondary N) is 1. The van der Waals surface area contributed by atoms with Crippen molar-refractivity contribution in [2.45, 2.75) is 13.5 Å². The summed E-state index contributed by atoms with van der Waals surface area (Å²) in [4.78, 5) is 11.9. The van der Waals surface area contributed by atoms with E-state index in [0.29, 0.717) is 28.8 Å². The molecule has 0 radical (unpaired) electrons. The molecule has 0 aliphatic rings. The van der Waals surface area contributed by atoms with Gasteiger partial charge in [0.15, 0.2) is 6.61 Å². The van der Waals surface area contributed by atoms with Crippen molar-refractivity contribution in [3.8, 4) is 17.2 Å². The van der Waals surface area contributed by atoms with Gasteiger partial charge in [0.2, 0.25) is 0 Å². The van der Waals surface area contributed by atoms with Gasteiger partial charge < -0.3 is 19.5 Å². The number of carbonyl (C=O) groups excluding carboxylic acids is 1. The highest BCUT2D eigenvalue weighted by Crippen LogP contribution is 2.24. The number of benzene rings is 2. The van der Waals surface area contributed by atoms with Crippen LogP contribution < -0.4 is 19.5 Å². The first-order valence-corrected chi connectivity index (χ1v) is 7.78. The molecule has 0 aromatic heterocycles. The van der Waals surface area contributed by atoms with Crippen molar-refractivity contribution < 1.29 is 19.0 Å². The molecule has 0 aliphatic heterocycles. The smallest absolute Gasteiger partial charge is 0.258 e. The van der Waals surface area contributed by atoms with E-state index < -0.39 is 0 Å². The second-order valence-corrected chi connectivity index (χ2v) is 5.56. The molecule has 0 aliphatic carbocycles. The first kappa shape index (κ1) is 17.9. The maximum absolute atomic E-state index is 11.9. The Morgan fingerprint density at radius 1 is 1.08 bits per heavy atom. The Bertz CT molecular complexity index is 718. The molecule has 0 fully saturated rings. The molecule has 1 amide bonds. The fourth-order valence-corrected chi connectivity index (χ4v) is 2.22. The third kappa shape index (κ3) is 4.80. The maximum Gasteiger partial charge on any atom is 0.258 e. The average molecular weight is 350 g/mol. The van der Waals surface area contributed by atoms with Gasteiger partial charge in [-0.2, -0.15) is 0 Å². The van der Waals surface area contributed by atoms with Crippen molar-refractivity contribution in [1.29, 1.82) is 0 Å². The van der Waals surface area contributed by atoms with E-state index >= 15 is 0 Å². The minimum Gasteiger partial charge on any atom is -0.497 e. The summed E-state index contributed by atoms with van der Waals surface area (Å²) in [5.74, 6) is 1.74. The summed E-state index contributed by atoms with van der Waals surface area (Å²) >= 11 is 5.96. The fraction of sp³-hybridized carbons (Fsp3) is 0.278. The standard InChI is InChI=1S/C18H20ClNO4/c1-12-8-15(6-7-16(12)19)24-11-18(21)20-10-13-4-5-14(22-2)9-17(13)23-3/h4-9H,10-11H2,1-3H3,(H,20,21). The van der Waals surface area contributed by atoms with Crippen LogP contribution in [0.25, 0.3) is 0 Å². The van der Waals surface area contributed by atoms with Crippen molar-refractivity contribution >= 4 is 17.5 Å². The lowest BCUT2D eigenvalue weighted by atomic mass is 10.2. The third-order valence-electron chi connectivity index (χ3n) is 3.47. The van der Waals surface area contributed by atoms with Crippen LogP contribution in [-0.2, 0) is 11.3 Å². The molecule has 1 N–H and O–H groups in total. The lowest BCUT2D eigenvalue weighted by Gasteiger charge is -2.12. The number of rotatable bonds is 7. The lowest BCUT2D eigenvalue weighted by Crippen LogP contribution is -2.28. The Kier molecular flexibility index (Phi) is 6.32. The third-order valence-corrected chi connectivity index (χ3v) is 3.89. The summed E-state index contributed by atoms with van der Waals surface area (Å²) in [5, 5.41) is 3.46. The van der Waals surface area contributed by atoms with E-state index in [9.17, 15) is 4.79 Å². The van der Waals surface area contributed by atoms with Gasteiger partial charge in [-0.1, -0.05) is 11.6 Å². The average Bonchev–Trinajstić information content (AvgIpc) is 2.60. The van der Waals surface area contributed by atoms with Crippen LogP contribution in [0.5, 0.6) is 17.2 Å². The largest absolute Gasteiger partial charge is 0.497 e. The molecule has 0 spiro atoms. The zero-order chi connectivity index (χ0) is 17.5. The number of methoxy groups -OCH3 is 2. The van der Waals surface area contributed by atoms with Gasteiger partial charge in [0.25, 0.3) is 5.91 Å². The molecular formula is C18H20ClNO4. The number of ether oxygens (including phenoxy) is 3. The quantitative estimate of drug-likeness (QED) is 0.832. The molecule has 0 saturated heterocycles. The van der Waals surface area contributed by atoms with E-state index in [-0.39, 0.29) is 12.5 Å². The van der Waals surface area contributed by atoms with E-state index in [1.54, 1.807) is 38.5 Å². The van der Waals surface area contributed by atoms with Gasteiger partial charge in [-0.25, -0.2) is 0 Å². The van der Waals surface area contributed by atoms with E-state index in [1.807, 2.05) is 19.1 Å². The van der Waals surface area contributed by atoms with Crippen LogP contribution in [0.4, 0.5) is 0 Å². The highest BCUT2D eigenvalue weighted by Gasteiger charge is 2.08. The summed E-state index contributed by atoms with van der Waals surface area (Å²) in [7, 11) is 3.16. The SMILES string of the molecule is COc1ccc(CNC(=O)COc2ccc(Cl)c(C)c2)c(OC)c1. The zero-order valence-electron chi connectivity index (χ0n) is 13.9. The minimum atomic E-state index is -0.222. The summed E-state index contributed by atoms with van der Waals surface area (Å²) in [5.41, 5.74) is 1.76. The lowest BCUT2D eigenvalue weighted by molar-refractivity contribution is -0.123. The molecule has 2 aromatic rings. The summed E-state index contributed by atoms with van der Waals surface area (Å²) < 4.78 is 15.9. The number of hydrogen-bond acceptors (Lipinski definition) is 4. The fourth-order valence-electron chi connectivity index (χ4n) is 2.10. The zero-order valence-corrected chi connectivity index (χ0v) is 14.6. The van der Waals surface area contributed by atoms with Crippen LogP contribution in [0, 0.1) is 6.92 Å². The highest BCUT2D eigenvalue weighted by atomic mass is 35.5. The van der Waals surface area contributed by atoms with Crippen molar-refractivity contribution in [1.82, 2.24) is 5.32 Å². The van der Waals surface area contributed by atoms with Gasteiger partial charge in [-0.3, -0.25) is 4.79 Å².